The second-order valence-electron chi connectivity index (χ2n) is 5.97. The molecule has 0 N–H and O–H groups in total. The molecule has 3 nitrogen and oxygen atoms in total. The summed E-state index contributed by atoms with van der Waals surface area (Å²) in [4.78, 5) is 27.5. The Morgan fingerprint density at radius 2 is 1.38 bits per heavy atom. The predicted molar refractivity (Wildman–Crippen MR) is 90.1 cm³/mol. The Kier molecular flexibility index (Phi) is 3.99. The number of anilines is 1. The summed E-state index contributed by atoms with van der Waals surface area (Å²) in [6, 6.07) is 5.85. The largest absolute Gasteiger partial charge is 0.274 e. The lowest BCUT2D eigenvalue weighted by molar-refractivity contribution is -0.122. The maximum atomic E-state index is 12.8. The van der Waals surface area contributed by atoms with Crippen molar-refractivity contribution in [3.63, 3.8) is 0 Å². The maximum absolute atomic E-state index is 12.8. The Bertz CT molecular complexity index is 568. The van der Waals surface area contributed by atoms with Gasteiger partial charge in [-0.15, -0.1) is 0 Å². The molecule has 1 aliphatic heterocycles. The van der Waals surface area contributed by atoms with E-state index in [9.17, 15) is 9.59 Å². The van der Waals surface area contributed by atoms with Crippen LogP contribution in [0.2, 0.25) is 0 Å². The fourth-order valence-electron chi connectivity index (χ4n) is 3.47. The van der Waals surface area contributed by atoms with Gasteiger partial charge in [0, 0.05) is 9.65 Å². The van der Waals surface area contributed by atoms with Crippen molar-refractivity contribution in [3.8, 4) is 0 Å². The smallest absolute Gasteiger partial charge is 0.237 e. The number of hydrogen-bond donors (Lipinski definition) is 0. The third-order valence-electron chi connectivity index (χ3n) is 4.57. The number of carbonyl (C=O) groups is 2. The van der Waals surface area contributed by atoms with E-state index in [1.54, 1.807) is 0 Å². The van der Waals surface area contributed by atoms with Crippen LogP contribution in [0.15, 0.2) is 18.2 Å². The Balaban J connectivity index is 2.02. The van der Waals surface area contributed by atoms with Gasteiger partial charge in [-0.05, 0) is 37.8 Å². The molecular formula is C16H17Br2NO2. The van der Waals surface area contributed by atoms with Crippen LogP contribution < -0.4 is 4.90 Å². The first kappa shape index (κ1) is 15.2. The lowest BCUT2D eigenvalue weighted by Crippen LogP contribution is -2.34. The molecule has 5 heteroatoms. The summed E-state index contributed by atoms with van der Waals surface area (Å²) < 4.78 is 0. The first-order valence-electron chi connectivity index (χ1n) is 7.14. The molecule has 4 atom stereocenters. The monoisotopic (exact) mass is 413 g/mol. The summed E-state index contributed by atoms with van der Waals surface area (Å²) in [5.41, 5.74) is 2.72. The van der Waals surface area contributed by atoms with Gasteiger partial charge in [0.25, 0.3) is 0 Å². The minimum Gasteiger partial charge on any atom is -0.274 e. The van der Waals surface area contributed by atoms with Gasteiger partial charge < -0.3 is 0 Å². The fourth-order valence-corrected chi connectivity index (χ4v) is 4.71. The van der Waals surface area contributed by atoms with E-state index in [2.05, 4.69) is 31.9 Å². The van der Waals surface area contributed by atoms with E-state index >= 15 is 0 Å². The lowest BCUT2D eigenvalue weighted by Gasteiger charge is -2.29. The molecule has 1 aromatic carbocycles. The van der Waals surface area contributed by atoms with E-state index < -0.39 is 0 Å². The van der Waals surface area contributed by atoms with E-state index in [4.69, 9.17) is 0 Å². The van der Waals surface area contributed by atoms with Crippen molar-refractivity contribution in [3.05, 3.63) is 29.3 Å². The Hall–Kier alpha value is -0.680. The molecule has 21 heavy (non-hydrogen) atoms. The van der Waals surface area contributed by atoms with Crippen LogP contribution in [0.1, 0.15) is 24.0 Å². The number of imide groups is 1. The number of rotatable bonds is 1. The molecule has 2 amide bonds. The van der Waals surface area contributed by atoms with Crippen LogP contribution in [0.4, 0.5) is 5.69 Å². The second-order valence-corrected chi connectivity index (χ2v) is 8.32. The van der Waals surface area contributed by atoms with Gasteiger partial charge in [-0.2, -0.15) is 0 Å². The molecule has 3 rings (SSSR count). The van der Waals surface area contributed by atoms with E-state index in [1.165, 1.54) is 4.90 Å². The van der Waals surface area contributed by atoms with Crippen molar-refractivity contribution in [1.82, 2.24) is 0 Å². The lowest BCUT2D eigenvalue weighted by atomic mass is 9.81. The molecule has 1 saturated carbocycles. The number of carbonyl (C=O) groups excluding carboxylic acids is 2. The SMILES string of the molecule is Cc1cccc(C)c1N1C(=O)[C@H]2C[C@@H](Br)[C@H](Br)C[C@@H]2C1=O. The summed E-state index contributed by atoms with van der Waals surface area (Å²) in [5.74, 6) is -0.443. The predicted octanol–water partition coefficient (Wildman–Crippen LogP) is 3.73. The third kappa shape index (κ3) is 2.38. The number of benzene rings is 1. The molecule has 0 bridgehead atoms. The zero-order valence-corrected chi connectivity index (χ0v) is 15.1. The van der Waals surface area contributed by atoms with E-state index in [0.717, 1.165) is 16.8 Å². The minimum absolute atomic E-state index is 0.0359. The number of amides is 2. The molecule has 0 unspecified atom stereocenters. The van der Waals surface area contributed by atoms with Crippen LogP contribution in [0.25, 0.3) is 0 Å². The quantitative estimate of drug-likeness (QED) is 0.518. The number of fused-ring (bicyclic) bond motifs is 1. The summed E-state index contributed by atoms with van der Waals surface area (Å²) in [5, 5.41) is 0. The Labute approximate surface area is 141 Å². The summed E-state index contributed by atoms with van der Waals surface area (Å²) in [6.45, 7) is 3.90. The Morgan fingerprint density at radius 1 is 0.952 bits per heavy atom. The minimum atomic E-state index is -0.185. The maximum Gasteiger partial charge on any atom is 0.237 e. The van der Waals surface area contributed by atoms with Crippen LogP contribution in [0, 0.1) is 25.7 Å². The molecule has 1 heterocycles. The molecule has 1 aliphatic carbocycles. The third-order valence-corrected chi connectivity index (χ3v) is 7.31. The number of para-hydroxylation sites is 1. The van der Waals surface area contributed by atoms with Crippen molar-refractivity contribution in [1.29, 1.82) is 0 Å². The van der Waals surface area contributed by atoms with Crippen LogP contribution in [-0.4, -0.2) is 21.5 Å². The van der Waals surface area contributed by atoms with Crippen LogP contribution in [0.3, 0.4) is 0 Å². The number of hydrogen-bond acceptors (Lipinski definition) is 2. The number of alkyl halides is 2. The van der Waals surface area contributed by atoms with Gasteiger partial charge in [0.15, 0.2) is 0 Å². The molecule has 2 aliphatic rings. The topological polar surface area (TPSA) is 37.4 Å². The van der Waals surface area contributed by atoms with Crippen LogP contribution in [0.5, 0.6) is 0 Å². The van der Waals surface area contributed by atoms with Crippen LogP contribution in [-0.2, 0) is 9.59 Å². The highest BCUT2D eigenvalue weighted by molar-refractivity contribution is 9.12. The van der Waals surface area contributed by atoms with Crippen molar-refractivity contribution in [2.45, 2.75) is 36.3 Å². The Morgan fingerprint density at radius 3 is 1.81 bits per heavy atom. The van der Waals surface area contributed by atoms with E-state index in [1.807, 2.05) is 32.0 Å². The zero-order valence-electron chi connectivity index (χ0n) is 12.0. The second kappa shape index (κ2) is 5.51. The van der Waals surface area contributed by atoms with Gasteiger partial charge >= 0.3 is 0 Å². The van der Waals surface area contributed by atoms with Gasteiger partial charge in [0.1, 0.15) is 0 Å². The van der Waals surface area contributed by atoms with E-state index in [-0.39, 0.29) is 33.3 Å². The van der Waals surface area contributed by atoms with Gasteiger partial charge in [0.05, 0.1) is 17.5 Å². The van der Waals surface area contributed by atoms with E-state index in [0.29, 0.717) is 12.8 Å². The number of nitrogens with zero attached hydrogens (tertiary/aromatic N) is 1. The van der Waals surface area contributed by atoms with Crippen molar-refractivity contribution in [2.75, 3.05) is 4.90 Å². The number of aryl methyl sites for hydroxylation is 2. The molecule has 1 aromatic rings. The van der Waals surface area contributed by atoms with Gasteiger partial charge in [-0.3, -0.25) is 9.59 Å². The summed E-state index contributed by atoms with van der Waals surface area (Å²) in [6.07, 6.45) is 1.43. The molecule has 112 valence electrons. The zero-order chi connectivity index (χ0) is 15.3. The summed E-state index contributed by atoms with van der Waals surface area (Å²) >= 11 is 7.23. The first-order valence-corrected chi connectivity index (χ1v) is 8.97. The van der Waals surface area contributed by atoms with Crippen molar-refractivity contribution < 1.29 is 9.59 Å². The average molecular weight is 415 g/mol. The molecule has 2 fully saturated rings. The molecule has 1 saturated heterocycles. The molecular weight excluding hydrogens is 398 g/mol. The normalized spacial score (nSPS) is 32.5. The molecule has 0 aromatic heterocycles. The molecule has 0 radical (unpaired) electrons. The number of halogens is 2. The average Bonchev–Trinajstić information content (AvgIpc) is 2.65. The van der Waals surface area contributed by atoms with Crippen LogP contribution >= 0.6 is 31.9 Å². The van der Waals surface area contributed by atoms with Gasteiger partial charge in [0.2, 0.25) is 11.8 Å². The summed E-state index contributed by atoms with van der Waals surface area (Å²) in [7, 11) is 0. The van der Waals surface area contributed by atoms with Crippen molar-refractivity contribution in [2.24, 2.45) is 11.8 Å². The highest BCUT2D eigenvalue weighted by Gasteiger charge is 2.52. The van der Waals surface area contributed by atoms with Crippen molar-refractivity contribution >= 4 is 49.4 Å². The first-order chi connectivity index (χ1) is 9.91. The van der Waals surface area contributed by atoms with Gasteiger partial charge in [-0.1, -0.05) is 50.1 Å². The highest BCUT2D eigenvalue weighted by atomic mass is 79.9. The highest BCUT2D eigenvalue weighted by Crippen LogP contribution is 2.45. The van der Waals surface area contributed by atoms with Gasteiger partial charge in [-0.25, -0.2) is 4.90 Å². The standard InChI is InChI=1S/C16H17Br2NO2/c1-8-4-3-5-9(2)14(8)19-15(20)10-6-12(17)13(18)7-11(10)16(19)21/h3-5,10-13H,6-7H2,1-2H3/t10-,11-,12+,13+/m0/s1. The molecule has 0 spiro atoms. The fraction of sp³-hybridized carbons (Fsp3) is 0.500.